The van der Waals surface area contributed by atoms with E-state index in [4.69, 9.17) is 0 Å². The molecular weight excluding hydrogens is 152 g/mol. The molecule has 0 aliphatic rings. The van der Waals surface area contributed by atoms with Gasteiger partial charge in [-0.2, -0.15) is 12.6 Å². The number of esters is 1. The zero-order chi connectivity index (χ0) is 5.70. The monoisotopic (exact) mass is 162 g/mol. The summed E-state index contributed by atoms with van der Waals surface area (Å²) in [7, 11) is 0. The molecule has 0 aliphatic carbocycles. The van der Waals surface area contributed by atoms with Crippen molar-refractivity contribution >= 4 is 56.3 Å². The van der Waals surface area contributed by atoms with Gasteiger partial charge in [0.15, 0.2) is 0 Å². The van der Waals surface area contributed by atoms with Gasteiger partial charge in [-0.05, 0) is 6.92 Å². The van der Waals surface area contributed by atoms with E-state index in [1.807, 2.05) is 0 Å². The van der Waals surface area contributed by atoms with E-state index in [1.165, 1.54) is 0 Å². The van der Waals surface area contributed by atoms with Gasteiger partial charge < -0.3 is 4.74 Å². The van der Waals surface area contributed by atoms with Crippen LogP contribution in [0.4, 0.5) is 0 Å². The van der Waals surface area contributed by atoms with Gasteiger partial charge in [-0.1, -0.05) is 0 Å². The summed E-state index contributed by atoms with van der Waals surface area (Å²) in [6, 6.07) is 0. The average Bonchev–Trinajstić information content (AvgIpc) is 1.68. The third-order valence-electron chi connectivity index (χ3n) is 0.434. The number of carbonyl (C=O) groups is 1. The molecule has 0 radical (unpaired) electrons. The molecule has 0 aromatic carbocycles. The van der Waals surface area contributed by atoms with Gasteiger partial charge in [-0.3, -0.25) is 4.79 Å². The quantitative estimate of drug-likeness (QED) is 0.338. The van der Waals surface area contributed by atoms with E-state index in [9.17, 15) is 4.79 Å². The van der Waals surface area contributed by atoms with Crippen molar-refractivity contribution in [2.75, 3.05) is 12.4 Å². The second-order valence-corrected chi connectivity index (χ2v) is 1.28. The van der Waals surface area contributed by atoms with Crippen molar-refractivity contribution in [3.8, 4) is 0 Å². The number of rotatable bonds is 2. The summed E-state index contributed by atoms with van der Waals surface area (Å²) in [4.78, 5) is 10.1. The Hall–Kier alpha value is 1.08. The molecule has 8 heavy (non-hydrogen) atoms. The molecule has 0 unspecified atom stereocenters. The molecule has 0 atom stereocenters. The molecule has 0 saturated heterocycles. The van der Waals surface area contributed by atoms with Crippen molar-refractivity contribution < 1.29 is 9.53 Å². The molecule has 0 aromatic heterocycles. The summed E-state index contributed by atoms with van der Waals surface area (Å²) in [6.07, 6.45) is 0. The molecule has 2 nitrogen and oxygen atoms in total. The van der Waals surface area contributed by atoms with E-state index >= 15 is 0 Å². The molecule has 0 N–H and O–H groups in total. The topological polar surface area (TPSA) is 26.3 Å². The van der Waals surface area contributed by atoms with E-state index in [2.05, 4.69) is 17.4 Å². The van der Waals surface area contributed by atoms with Gasteiger partial charge in [-0.15, -0.1) is 0 Å². The molecular formula is C4H10CaO2S. The number of ether oxygens (including phenoxy) is 1. The van der Waals surface area contributed by atoms with Gasteiger partial charge in [0.2, 0.25) is 0 Å². The van der Waals surface area contributed by atoms with E-state index in [1.54, 1.807) is 6.92 Å². The van der Waals surface area contributed by atoms with Gasteiger partial charge in [0.25, 0.3) is 0 Å². The van der Waals surface area contributed by atoms with Crippen LogP contribution in [-0.2, 0) is 9.53 Å². The standard InChI is InChI=1S/C4H8O2S.Ca.2H/c1-2-6-4(5)3-7;;;/h7H,2-3H2,1H3;;;. The molecule has 4 heteroatoms. The summed E-state index contributed by atoms with van der Waals surface area (Å²) >= 11 is 3.67. The summed E-state index contributed by atoms with van der Waals surface area (Å²) in [5.41, 5.74) is 0. The maximum absolute atomic E-state index is 10.1. The van der Waals surface area contributed by atoms with Crippen molar-refractivity contribution in [2.45, 2.75) is 6.92 Å². The molecule has 0 saturated carbocycles. The number of thiol groups is 1. The second-order valence-electron chi connectivity index (χ2n) is 0.963. The molecule has 0 rings (SSSR count). The van der Waals surface area contributed by atoms with E-state index in [0.29, 0.717) is 6.61 Å². The van der Waals surface area contributed by atoms with Gasteiger partial charge in [0, 0.05) is 0 Å². The first-order valence-electron chi connectivity index (χ1n) is 2.07. The Balaban J connectivity index is 0. The van der Waals surface area contributed by atoms with Crippen LogP contribution < -0.4 is 0 Å². The zero-order valence-corrected chi connectivity index (χ0v) is 5.07. The maximum atomic E-state index is 10.1. The van der Waals surface area contributed by atoms with Crippen molar-refractivity contribution in [3.05, 3.63) is 0 Å². The first-order valence-corrected chi connectivity index (χ1v) is 2.71. The Morgan fingerprint density at radius 3 is 2.38 bits per heavy atom. The van der Waals surface area contributed by atoms with Crippen LogP contribution >= 0.6 is 12.6 Å². The van der Waals surface area contributed by atoms with Crippen LogP contribution in [0.3, 0.4) is 0 Å². The summed E-state index contributed by atoms with van der Waals surface area (Å²) < 4.78 is 4.48. The molecule has 0 fully saturated rings. The molecule has 0 heterocycles. The van der Waals surface area contributed by atoms with Crippen LogP contribution in [0, 0.1) is 0 Å². The van der Waals surface area contributed by atoms with Crippen LogP contribution in [0.25, 0.3) is 0 Å². The van der Waals surface area contributed by atoms with E-state index in [-0.39, 0.29) is 49.5 Å². The zero-order valence-electron chi connectivity index (χ0n) is 4.18. The SMILES string of the molecule is CCOC(=O)CS.[CaH2]. The second kappa shape index (κ2) is 8.08. The van der Waals surface area contributed by atoms with Gasteiger partial charge >= 0.3 is 43.7 Å². The first kappa shape index (κ1) is 11.8. The molecule has 0 aliphatic heterocycles. The van der Waals surface area contributed by atoms with Gasteiger partial charge in [0.05, 0.1) is 12.4 Å². The van der Waals surface area contributed by atoms with E-state index < -0.39 is 0 Å². The minimum absolute atomic E-state index is 0. The fraction of sp³-hybridized carbons (Fsp3) is 0.750. The number of carbonyl (C=O) groups excluding carboxylic acids is 1. The van der Waals surface area contributed by atoms with Crippen LogP contribution in [0.2, 0.25) is 0 Å². The third kappa shape index (κ3) is 7.08. The first-order chi connectivity index (χ1) is 3.31. The summed E-state index contributed by atoms with van der Waals surface area (Å²) in [6.45, 7) is 2.21. The fourth-order valence-electron chi connectivity index (χ4n) is 0.207. The Labute approximate surface area is 84.4 Å². The predicted octanol–water partition coefficient (Wildman–Crippen LogP) is -0.437. The van der Waals surface area contributed by atoms with E-state index in [0.717, 1.165) is 0 Å². The Morgan fingerprint density at radius 1 is 1.75 bits per heavy atom. The predicted molar refractivity (Wildman–Crippen MR) is 39.0 cm³/mol. The van der Waals surface area contributed by atoms with Crippen LogP contribution in [0.15, 0.2) is 0 Å². The van der Waals surface area contributed by atoms with Gasteiger partial charge in [0.1, 0.15) is 0 Å². The van der Waals surface area contributed by atoms with Crippen molar-refractivity contribution in [2.24, 2.45) is 0 Å². The Kier molecular flexibility index (Phi) is 11.9. The molecule has 0 bridgehead atoms. The van der Waals surface area contributed by atoms with Crippen molar-refractivity contribution in [1.29, 1.82) is 0 Å². The number of hydrogen-bond acceptors (Lipinski definition) is 3. The van der Waals surface area contributed by atoms with Crippen molar-refractivity contribution in [3.63, 3.8) is 0 Å². The fourth-order valence-corrected chi connectivity index (χ4v) is 0.298. The third-order valence-corrected chi connectivity index (χ3v) is 0.693. The Morgan fingerprint density at radius 2 is 2.25 bits per heavy atom. The summed E-state index contributed by atoms with van der Waals surface area (Å²) in [5, 5.41) is 0. The molecule has 0 amide bonds. The van der Waals surface area contributed by atoms with Crippen LogP contribution in [-0.4, -0.2) is 56.1 Å². The molecule has 0 spiro atoms. The Bertz CT molecular complexity index is 67.1. The molecule has 0 aromatic rings. The van der Waals surface area contributed by atoms with Crippen LogP contribution in [0.1, 0.15) is 6.92 Å². The average molecular weight is 162 g/mol. The van der Waals surface area contributed by atoms with Crippen LogP contribution in [0.5, 0.6) is 0 Å². The summed E-state index contributed by atoms with van der Waals surface area (Å²) in [5.74, 6) is -0.0840. The van der Waals surface area contributed by atoms with Gasteiger partial charge in [-0.25, -0.2) is 0 Å². The van der Waals surface area contributed by atoms with Crippen molar-refractivity contribution in [1.82, 2.24) is 0 Å². The molecule has 46 valence electrons. The minimum atomic E-state index is -0.258. The number of hydrogen-bond donors (Lipinski definition) is 1. The normalized spacial score (nSPS) is 7.25.